The second kappa shape index (κ2) is 3.62. The maximum atomic E-state index is 10.3. The summed E-state index contributed by atoms with van der Waals surface area (Å²) in [7, 11) is 0. The predicted octanol–water partition coefficient (Wildman–Crippen LogP) is 0.575. The molecule has 0 aliphatic carbocycles. The predicted molar refractivity (Wildman–Crippen MR) is 36.3 cm³/mol. The standard InChI is InChI=1S/C7H13NO/c9-6-7-2-1-4-8-5-3-7/h6-8H,1-5H2. The van der Waals surface area contributed by atoms with Crippen molar-refractivity contribution in [1.82, 2.24) is 5.32 Å². The molecule has 1 aliphatic heterocycles. The van der Waals surface area contributed by atoms with Crippen molar-refractivity contribution in [3.63, 3.8) is 0 Å². The first-order chi connectivity index (χ1) is 4.43. The molecule has 0 amide bonds. The van der Waals surface area contributed by atoms with Crippen molar-refractivity contribution < 1.29 is 4.79 Å². The number of carbonyl (C=O) groups excluding carboxylic acids is 1. The van der Waals surface area contributed by atoms with E-state index in [-0.39, 0.29) is 0 Å². The fraction of sp³-hybridized carbons (Fsp3) is 0.857. The van der Waals surface area contributed by atoms with Crippen molar-refractivity contribution in [1.29, 1.82) is 0 Å². The van der Waals surface area contributed by atoms with E-state index in [2.05, 4.69) is 5.32 Å². The fourth-order valence-corrected chi connectivity index (χ4v) is 1.18. The molecular weight excluding hydrogens is 114 g/mol. The Kier molecular flexibility index (Phi) is 2.71. The van der Waals surface area contributed by atoms with Gasteiger partial charge >= 0.3 is 0 Å². The Hall–Kier alpha value is -0.370. The van der Waals surface area contributed by atoms with Crippen molar-refractivity contribution in [3.05, 3.63) is 0 Å². The fourth-order valence-electron chi connectivity index (χ4n) is 1.18. The molecule has 1 fully saturated rings. The van der Waals surface area contributed by atoms with Crippen LogP contribution in [0.15, 0.2) is 0 Å². The molecule has 1 atom stereocenters. The van der Waals surface area contributed by atoms with Crippen LogP contribution in [0, 0.1) is 5.92 Å². The van der Waals surface area contributed by atoms with Gasteiger partial charge in [0.2, 0.25) is 0 Å². The van der Waals surface area contributed by atoms with Gasteiger partial charge in [-0.3, -0.25) is 0 Å². The summed E-state index contributed by atoms with van der Waals surface area (Å²) < 4.78 is 0. The Morgan fingerprint density at radius 2 is 2.22 bits per heavy atom. The van der Waals surface area contributed by atoms with Gasteiger partial charge in [0.05, 0.1) is 0 Å². The lowest BCUT2D eigenvalue weighted by Crippen LogP contribution is -2.14. The average Bonchev–Trinajstić information content (AvgIpc) is 2.13. The van der Waals surface area contributed by atoms with Crippen molar-refractivity contribution >= 4 is 6.29 Å². The van der Waals surface area contributed by atoms with E-state index in [0.29, 0.717) is 5.92 Å². The second-order valence-electron chi connectivity index (χ2n) is 2.58. The first-order valence-corrected chi connectivity index (χ1v) is 3.59. The average molecular weight is 127 g/mol. The SMILES string of the molecule is O=CC1CCCNCC1. The van der Waals surface area contributed by atoms with Gasteiger partial charge in [-0.05, 0) is 32.4 Å². The summed E-state index contributed by atoms with van der Waals surface area (Å²) in [6, 6.07) is 0. The van der Waals surface area contributed by atoms with Crippen LogP contribution in [-0.4, -0.2) is 19.4 Å². The molecule has 1 unspecified atom stereocenters. The van der Waals surface area contributed by atoms with Crippen LogP contribution < -0.4 is 5.32 Å². The largest absolute Gasteiger partial charge is 0.317 e. The van der Waals surface area contributed by atoms with E-state index in [1.807, 2.05) is 0 Å². The molecule has 2 nitrogen and oxygen atoms in total. The van der Waals surface area contributed by atoms with Crippen LogP contribution in [0.1, 0.15) is 19.3 Å². The van der Waals surface area contributed by atoms with E-state index in [4.69, 9.17) is 0 Å². The van der Waals surface area contributed by atoms with Crippen LogP contribution in [0.4, 0.5) is 0 Å². The quantitative estimate of drug-likeness (QED) is 0.522. The van der Waals surface area contributed by atoms with Gasteiger partial charge < -0.3 is 10.1 Å². The molecule has 0 aromatic carbocycles. The zero-order chi connectivity index (χ0) is 6.53. The zero-order valence-electron chi connectivity index (χ0n) is 5.60. The van der Waals surface area contributed by atoms with E-state index >= 15 is 0 Å². The van der Waals surface area contributed by atoms with E-state index in [1.165, 1.54) is 0 Å². The minimum absolute atomic E-state index is 0.333. The van der Waals surface area contributed by atoms with Crippen LogP contribution in [0.3, 0.4) is 0 Å². The van der Waals surface area contributed by atoms with Gasteiger partial charge in [0, 0.05) is 5.92 Å². The third kappa shape index (κ3) is 2.14. The normalized spacial score (nSPS) is 29.1. The third-order valence-electron chi connectivity index (χ3n) is 1.81. The molecule has 0 bridgehead atoms. The number of aldehydes is 1. The molecule has 52 valence electrons. The van der Waals surface area contributed by atoms with Crippen LogP contribution in [-0.2, 0) is 4.79 Å². The van der Waals surface area contributed by atoms with Gasteiger partial charge in [-0.2, -0.15) is 0 Å². The van der Waals surface area contributed by atoms with Gasteiger partial charge in [0.1, 0.15) is 6.29 Å². The second-order valence-corrected chi connectivity index (χ2v) is 2.58. The van der Waals surface area contributed by atoms with Gasteiger partial charge in [0.25, 0.3) is 0 Å². The third-order valence-corrected chi connectivity index (χ3v) is 1.81. The summed E-state index contributed by atoms with van der Waals surface area (Å²) in [5.41, 5.74) is 0. The number of nitrogens with one attached hydrogen (secondary N) is 1. The van der Waals surface area contributed by atoms with E-state index in [0.717, 1.165) is 38.6 Å². The first-order valence-electron chi connectivity index (χ1n) is 3.59. The van der Waals surface area contributed by atoms with Crippen LogP contribution in [0.5, 0.6) is 0 Å². The zero-order valence-corrected chi connectivity index (χ0v) is 5.60. The highest BCUT2D eigenvalue weighted by Gasteiger charge is 2.08. The minimum Gasteiger partial charge on any atom is -0.317 e. The molecule has 9 heavy (non-hydrogen) atoms. The molecule has 1 rings (SSSR count). The number of hydrogen-bond acceptors (Lipinski definition) is 2. The molecule has 1 N–H and O–H groups in total. The van der Waals surface area contributed by atoms with E-state index in [1.54, 1.807) is 0 Å². The summed E-state index contributed by atoms with van der Waals surface area (Å²) in [5.74, 6) is 0.333. The lowest BCUT2D eigenvalue weighted by Gasteiger charge is -2.01. The Bertz CT molecular complexity index is 84.9. The number of hydrogen-bond donors (Lipinski definition) is 1. The lowest BCUT2D eigenvalue weighted by atomic mass is 10.0. The van der Waals surface area contributed by atoms with Crippen molar-refractivity contribution in [3.8, 4) is 0 Å². The van der Waals surface area contributed by atoms with Crippen LogP contribution in [0.2, 0.25) is 0 Å². The number of carbonyl (C=O) groups is 1. The summed E-state index contributed by atoms with van der Waals surface area (Å²) in [6.45, 7) is 2.10. The molecule has 1 saturated heterocycles. The maximum Gasteiger partial charge on any atom is 0.123 e. The smallest absolute Gasteiger partial charge is 0.123 e. The van der Waals surface area contributed by atoms with Gasteiger partial charge in [0.15, 0.2) is 0 Å². The maximum absolute atomic E-state index is 10.3. The Labute approximate surface area is 55.6 Å². The first kappa shape index (κ1) is 6.75. The molecule has 1 heterocycles. The molecule has 0 spiro atoms. The number of rotatable bonds is 1. The van der Waals surface area contributed by atoms with E-state index < -0.39 is 0 Å². The molecule has 0 aromatic heterocycles. The summed E-state index contributed by atoms with van der Waals surface area (Å²) >= 11 is 0. The van der Waals surface area contributed by atoms with Crippen LogP contribution >= 0.6 is 0 Å². The molecule has 0 saturated carbocycles. The lowest BCUT2D eigenvalue weighted by molar-refractivity contribution is -0.111. The minimum atomic E-state index is 0.333. The summed E-state index contributed by atoms with van der Waals surface area (Å²) in [5, 5.41) is 3.25. The summed E-state index contributed by atoms with van der Waals surface area (Å²) in [4.78, 5) is 10.3. The van der Waals surface area contributed by atoms with E-state index in [9.17, 15) is 4.79 Å². The molecule has 0 aromatic rings. The Morgan fingerprint density at radius 1 is 1.33 bits per heavy atom. The van der Waals surface area contributed by atoms with Gasteiger partial charge in [-0.25, -0.2) is 0 Å². The molecular formula is C7H13NO. The Morgan fingerprint density at radius 3 is 3.00 bits per heavy atom. The molecule has 0 radical (unpaired) electrons. The van der Waals surface area contributed by atoms with Crippen molar-refractivity contribution in [2.24, 2.45) is 5.92 Å². The van der Waals surface area contributed by atoms with Crippen molar-refractivity contribution in [2.45, 2.75) is 19.3 Å². The topological polar surface area (TPSA) is 29.1 Å². The highest BCUT2D eigenvalue weighted by atomic mass is 16.1. The van der Waals surface area contributed by atoms with Crippen LogP contribution in [0.25, 0.3) is 0 Å². The Balaban J connectivity index is 2.26. The van der Waals surface area contributed by atoms with Gasteiger partial charge in [-0.1, -0.05) is 0 Å². The molecule has 1 aliphatic rings. The monoisotopic (exact) mass is 127 g/mol. The molecule has 2 heteroatoms. The highest BCUT2D eigenvalue weighted by molar-refractivity contribution is 5.53. The highest BCUT2D eigenvalue weighted by Crippen LogP contribution is 2.09. The van der Waals surface area contributed by atoms with Crippen molar-refractivity contribution in [2.75, 3.05) is 13.1 Å². The summed E-state index contributed by atoms with van der Waals surface area (Å²) in [6.07, 6.45) is 4.36. The van der Waals surface area contributed by atoms with Gasteiger partial charge in [-0.15, -0.1) is 0 Å².